The zero-order chi connectivity index (χ0) is 15.6. The van der Waals surface area contributed by atoms with Gasteiger partial charge in [-0.2, -0.15) is 0 Å². The number of hydrogen-bond donors (Lipinski definition) is 2. The van der Waals surface area contributed by atoms with Crippen LogP contribution in [0.1, 0.15) is 63.0 Å². The molecule has 0 bridgehead atoms. The number of carbonyl (C=O) groups is 1. The second-order valence-electron chi connectivity index (χ2n) is 5.98. The summed E-state index contributed by atoms with van der Waals surface area (Å²) in [6.45, 7) is 8.21. The lowest BCUT2D eigenvalue weighted by molar-refractivity contribution is -0.124. The van der Waals surface area contributed by atoms with Gasteiger partial charge in [0.1, 0.15) is 5.75 Å². The maximum absolute atomic E-state index is 12.0. The summed E-state index contributed by atoms with van der Waals surface area (Å²) in [6.07, 6.45) is 1.08. The molecule has 0 saturated carbocycles. The van der Waals surface area contributed by atoms with E-state index in [0.717, 1.165) is 35.3 Å². The Kier molecular flexibility index (Phi) is 4.88. The number of aryl methyl sites for hydroxylation is 1. The molecule has 0 saturated heterocycles. The van der Waals surface area contributed by atoms with Crippen molar-refractivity contribution in [1.82, 2.24) is 5.32 Å². The van der Waals surface area contributed by atoms with Crippen molar-refractivity contribution in [3.05, 3.63) is 28.8 Å². The fraction of sp³-hybridized carbons (Fsp3) is 0.588. The number of aliphatic hydroxyl groups excluding tert-OH is 1. The van der Waals surface area contributed by atoms with E-state index >= 15 is 0 Å². The van der Waals surface area contributed by atoms with E-state index in [0.29, 0.717) is 6.61 Å². The molecule has 2 rings (SSSR count). The fourth-order valence-corrected chi connectivity index (χ4v) is 2.60. The van der Waals surface area contributed by atoms with Crippen LogP contribution < -0.4 is 10.1 Å². The molecule has 2 N–H and O–H groups in total. The van der Waals surface area contributed by atoms with Crippen molar-refractivity contribution in [2.45, 2.75) is 52.7 Å². The van der Waals surface area contributed by atoms with Gasteiger partial charge in [-0.25, -0.2) is 0 Å². The zero-order valence-electron chi connectivity index (χ0n) is 13.3. The summed E-state index contributed by atoms with van der Waals surface area (Å²) in [4.78, 5) is 12.0. The first-order valence-corrected chi connectivity index (χ1v) is 7.72. The number of fused-ring (bicyclic) bond motifs is 1. The van der Waals surface area contributed by atoms with Crippen molar-refractivity contribution in [1.29, 1.82) is 0 Å². The molecule has 0 radical (unpaired) electrons. The molecule has 1 aromatic carbocycles. The van der Waals surface area contributed by atoms with E-state index in [9.17, 15) is 9.90 Å². The van der Waals surface area contributed by atoms with Crippen LogP contribution in [0.25, 0.3) is 0 Å². The van der Waals surface area contributed by atoms with Gasteiger partial charge in [0.05, 0.1) is 18.8 Å². The monoisotopic (exact) mass is 291 g/mol. The van der Waals surface area contributed by atoms with E-state index < -0.39 is 6.10 Å². The summed E-state index contributed by atoms with van der Waals surface area (Å²) in [7, 11) is 0. The average Bonchev–Trinajstić information content (AvgIpc) is 2.46. The van der Waals surface area contributed by atoms with Crippen LogP contribution >= 0.6 is 0 Å². The number of rotatable bonds is 4. The second-order valence-corrected chi connectivity index (χ2v) is 5.98. The molecular formula is C17H25NO3. The van der Waals surface area contributed by atoms with Crippen molar-refractivity contribution in [3.63, 3.8) is 0 Å². The highest BCUT2D eigenvalue weighted by Crippen LogP contribution is 2.37. The number of ether oxygens (including phenoxy) is 1. The Bertz CT molecular complexity index is 523. The first-order valence-electron chi connectivity index (χ1n) is 7.72. The van der Waals surface area contributed by atoms with Gasteiger partial charge in [0.25, 0.3) is 0 Å². The molecule has 1 aromatic rings. The first kappa shape index (κ1) is 15.8. The highest BCUT2D eigenvalue weighted by molar-refractivity contribution is 5.78. The van der Waals surface area contributed by atoms with Crippen LogP contribution in [0.15, 0.2) is 12.1 Å². The number of hydrogen-bond acceptors (Lipinski definition) is 3. The van der Waals surface area contributed by atoms with Crippen LogP contribution in [0.5, 0.6) is 5.75 Å². The predicted molar refractivity (Wildman–Crippen MR) is 82.3 cm³/mol. The standard InChI is InChI=1S/C17H25NO3/c1-5-12-8-13(11(4)19)9-14-15(6-7-21-16(12)14)18-17(20)10(2)3/h8-11,15,19H,5-7H2,1-4H3,(H,18,20). The third-order valence-corrected chi connectivity index (χ3v) is 3.95. The Balaban J connectivity index is 2.40. The largest absolute Gasteiger partial charge is 0.493 e. The molecule has 4 heteroatoms. The van der Waals surface area contributed by atoms with Crippen LogP contribution in [0.3, 0.4) is 0 Å². The van der Waals surface area contributed by atoms with Gasteiger partial charge in [-0.05, 0) is 36.6 Å². The van der Waals surface area contributed by atoms with Gasteiger partial charge in [-0.1, -0.05) is 20.8 Å². The van der Waals surface area contributed by atoms with E-state index in [-0.39, 0.29) is 17.9 Å². The molecule has 1 aliphatic heterocycles. The van der Waals surface area contributed by atoms with Gasteiger partial charge < -0.3 is 15.2 Å². The normalized spacial score (nSPS) is 18.9. The quantitative estimate of drug-likeness (QED) is 0.896. The van der Waals surface area contributed by atoms with Gasteiger partial charge in [-0.3, -0.25) is 4.79 Å². The Labute approximate surface area is 126 Å². The predicted octanol–water partition coefficient (Wildman–Crippen LogP) is 2.90. The lowest BCUT2D eigenvalue weighted by Gasteiger charge is -2.30. The number of carbonyl (C=O) groups excluding carboxylic acids is 1. The number of amides is 1. The molecule has 1 aliphatic rings. The van der Waals surface area contributed by atoms with E-state index in [1.54, 1.807) is 6.92 Å². The van der Waals surface area contributed by atoms with E-state index in [1.165, 1.54) is 0 Å². The summed E-state index contributed by atoms with van der Waals surface area (Å²) in [5, 5.41) is 13.0. The molecule has 2 unspecified atom stereocenters. The van der Waals surface area contributed by atoms with Crippen molar-refractivity contribution >= 4 is 5.91 Å². The van der Waals surface area contributed by atoms with E-state index in [4.69, 9.17) is 4.74 Å². The minimum Gasteiger partial charge on any atom is -0.493 e. The molecule has 1 amide bonds. The highest BCUT2D eigenvalue weighted by Gasteiger charge is 2.26. The van der Waals surface area contributed by atoms with Crippen LogP contribution in [-0.4, -0.2) is 17.6 Å². The summed E-state index contributed by atoms with van der Waals surface area (Å²) in [6, 6.07) is 3.92. The van der Waals surface area contributed by atoms with Crippen LogP contribution in [-0.2, 0) is 11.2 Å². The van der Waals surface area contributed by atoms with Gasteiger partial charge in [-0.15, -0.1) is 0 Å². The van der Waals surface area contributed by atoms with Gasteiger partial charge in [0.15, 0.2) is 0 Å². The van der Waals surface area contributed by atoms with E-state index in [2.05, 4.69) is 12.2 Å². The minimum atomic E-state index is -0.524. The summed E-state index contributed by atoms with van der Waals surface area (Å²) in [5.74, 6) is 0.887. The third-order valence-electron chi connectivity index (χ3n) is 3.95. The lowest BCUT2D eigenvalue weighted by Crippen LogP contribution is -2.35. The van der Waals surface area contributed by atoms with Crippen molar-refractivity contribution in [3.8, 4) is 5.75 Å². The Morgan fingerprint density at radius 1 is 1.43 bits per heavy atom. The third kappa shape index (κ3) is 3.38. The first-order chi connectivity index (χ1) is 9.93. The minimum absolute atomic E-state index is 0.0346. The molecule has 116 valence electrons. The molecule has 1 heterocycles. The topological polar surface area (TPSA) is 58.6 Å². The van der Waals surface area contributed by atoms with Crippen LogP contribution in [0, 0.1) is 5.92 Å². The molecule has 0 fully saturated rings. The van der Waals surface area contributed by atoms with Gasteiger partial charge >= 0.3 is 0 Å². The molecule has 4 nitrogen and oxygen atoms in total. The molecule has 2 atom stereocenters. The average molecular weight is 291 g/mol. The summed E-state index contributed by atoms with van der Waals surface area (Å²) < 4.78 is 5.82. The van der Waals surface area contributed by atoms with E-state index in [1.807, 2.05) is 26.0 Å². The number of aliphatic hydroxyl groups is 1. The number of benzene rings is 1. The zero-order valence-corrected chi connectivity index (χ0v) is 13.3. The molecule has 0 spiro atoms. The van der Waals surface area contributed by atoms with Crippen molar-refractivity contribution in [2.24, 2.45) is 5.92 Å². The van der Waals surface area contributed by atoms with Gasteiger partial charge in [0, 0.05) is 17.9 Å². The Morgan fingerprint density at radius 3 is 2.71 bits per heavy atom. The lowest BCUT2D eigenvalue weighted by atomic mass is 9.92. The summed E-state index contributed by atoms with van der Waals surface area (Å²) in [5.41, 5.74) is 2.96. The van der Waals surface area contributed by atoms with Crippen molar-refractivity contribution < 1.29 is 14.6 Å². The smallest absolute Gasteiger partial charge is 0.223 e. The SMILES string of the molecule is CCc1cc(C(C)O)cc2c1OCCC2NC(=O)C(C)C. The molecule has 0 aromatic heterocycles. The van der Waals surface area contributed by atoms with Crippen LogP contribution in [0.2, 0.25) is 0 Å². The van der Waals surface area contributed by atoms with Crippen LogP contribution in [0.4, 0.5) is 0 Å². The molecule has 21 heavy (non-hydrogen) atoms. The molecular weight excluding hydrogens is 266 g/mol. The fourth-order valence-electron chi connectivity index (χ4n) is 2.60. The summed E-state index contributed by atoms with van der Waals surface area (Å²) >= 11 is 0. The molecule has 0 aliphatic carbocycles. The number of nitrogens with one attached hydrogen (secondary N) is 1. The van der Waals surface area contributed by atoms with Crippen molar-refractivity contribution in [2.75, 3.05) is 6.61 Å². The Morgan fingerprint density at radius 2 is 2.14 bits per heavy atom. The highest BCUT2D eigenvalue weighted by atomic mass is 16.5. The Hall–Kier alpha value is -1.55. The maximum atomic E-state index is 12.0. The second kappa shape index (κ2) is 6.48. The maximum Gasteiger partial charge on any atom is 0.223 e. The van der Waals surface area contributed by atoms with Gasteiger partial charge in [0.2, 0.25) is 5.91 Å².